The van der Waals surface area contributed by atoms with E-state index in [0.717, 1.165) is 30.6 Å². The Hall–Kier alpha value is -0.410. The molecular formula is C13H22N2S. The zero-order valence-corrected chi connectivity index (χ0v) is 11.1. The van der Waals surface area contributed by atoms with Gasteiger partial charge in [-0.3, -0.25) is 0 Å². The van der Waals surface area contributed by atoms with Crippen molar-refractivity contribution in [2.75, 3.05) is 6.54 Å². The Kier molecular flexibility index (Phi) is 4.36. The minimum Gasteiger partial charge on any atom is -0.314 e. The normalized spacial score (nSPS) is 17.6. The second-order valence-corrected chi connectivity index (χ2v) is 5.74. The molecule has 0 aromatic carbocycles. The van der Waals surface area contributed by atoms with Crippen molar-refractivity contribution < 1.29 is 0 Å². The Bertz CT molecular complexity index is 317. The first-order chi connectivity index (χ1) is 7.79. The molecule has 3 heteroatoms. The van der Waals surface area contributed by atoms with Gasteiger partial charge in [-0.2, -0.15) is 0 Å². The summed E-state index contributed by atoms with van der Waals surface area (Å²) < 4.78 is 0. The van der Waals surface area contributed by atoms with Gasteiger partial charge in [0.25, 0.3) is 0 Å². The number of hydrogen-bond donors (Lipinski definition) is 1. The summed E-state index contributed by atoms with van der Waals surface area (Å²) in [4.78, 5) is 4.49. The predicted octanol–water partition coefficient (Wildman–Crippen LogP) is 3.16. The average Bonchev–Trinajstić information content (AvgIpc) is 3.03. The topological polar surface area (TPSA) is 24.9 Å². The summed E-state index contributed by atoms with van der Waals surface area (Å²) in [6.07, 6.45) is 6.51. The zero-order valence-electron chi connectivity index (χ0n) is 10.3. The van der Waals surface area contributed by atoms with Crippen LogP contribution in [0, 0.1) is 12.8 Å². The van der Waals surface area contributed by atoms with Crippen LogP contribution in [0.15, 0.2) is 5.38 Å². The number of nitrogens with one attached hydrogen (secondary N) is 1. The quantitative estimate of drug-likeness (QED) is 0.738. The third-order valence-corrected chi connectivity index (χ3v) is 4.30. The average molecular weight is 238 g/mol. The number of aromatic nitrogens is 1. The van der Waals surface area contributed by atoms with E-state index in [1.165, 1.54) is 30.7 Å². The van der Waals surface area contributed by atoms with Gasteiger partial charge in [0.05, 0.1) is 5.01 Å². The molecule has 1 atom stereocenters. The molecule has 1 aromatic heterocycles. The van der Waals surface area contributed by atoms with Crippen molar-refractivity contribution in [2.45, 2.75) is 52.0 Å². The first kappa shape index (κ1) is 12.1. The van der Waals surface area contributed by atoms with Crippen LogP contribution in [0.3, 0.4) is 0 Å². The molecule has 0 radical (unpaired) electrons. The van der Waals surface area contributed by atoms with E-state index in [2.05, 4.69) is 29.5 Å². The molecule has 0 aliphatic heterocycles. The van der Waals surface area contributed by atoms with E-state index in [-0.39, 0.29) is 0 Å². The standard InChI is InChI=1S/C13H22N2S/c1-3-12(11-6-7-11)14-8-4-5-13-15-10(2)9-16-13/h9,11-12,14H,3-8H2,1-2H3/t12-/m1/s1. The molecule has 1 aromatic rings. The highest BCUT2D eigenvalue weighted by atomic mass is 32.1. The maximum atomic E-state index is 4.49. The molecule has 1 saturated carbocycles. The Labute approximate surface area is 102 Å². The number of thiazole rings is 1. The number of nitrogens with zero attached hydrogens (tertiary/aromatic N) is 1. The van der Waals surface area contributed by atoms with Crippen molar-refractivity contribution in [3.8, 4) is 0 Å². The summed E-state index contributed by atoms with van der Waals surface area (Å²) in [6, 6.07) is 0.776. The molecule has 1 aliphatic rings. The Morgan fingerprint density at radius 2 is 2.38 bits per heavy atom. The van der Waals surface area contributed by atoms with Crippen molar-refractivity contribution in [1.29, 1.82) is 0 Å². The van der Waals surface area contributed by atoms with E-state index in [1.807, 2.05) is 0 Å². The van der Waals surface area contributed by atoms with Gasteiger partial charge in [-0.05, 0) is 45.1 Å². The van der Waals surface area contributed by atoms with Gasteiger partial charge in [-0.1, -0.05) is 6.92 Å². The second-order valence-electron chi connectivity index (χ2n) is 4.79. The fourth-order valence-electron chi connectivity index (χ4n) is 2.19. The molecule has 2 nitrogen and oxygen atoms in total. The van der Waals surface area contributed by atoms with E-state index in [9.17, 15) is 0 Å². The van der Waals surface area contributed by atoms with E-state index < -0.39 is 0 Å². The number of aryl methyl sites for hydroxylation is 2. The Morgan fingerprint density at radius 1 is 1.56 bits per heavy atom. The van der Waals surface area contributed by atoms with Gasteiger partial charge in [0.2, 0.25) is 0 Å². The molecule has 2 rings (SSSR count). The largest absolute Gasteiger partial charge is 0.314 e. The van der Waals surface area contributed by atoms with Crippen LogP contribution in [0.2, 0.25) is 0 Å². The van der Waals surface area contributed by atoms with Crippen LogP contribution >= 0.6 is 11.3 Å². The van der Waals surface area contributed by atoms with Crippen molar-refractivity contribution in [3.05, 3.63) is 16.1 Å². The molecule has 90 valence electrons. The maximum absolute atomic E-state index is 4.49. The molecule has 0 spiro atoms. The summed E-state index contributed by atoms with van der Waals surface area (Å²) in [5.74, 6) is 0.979. The molecule has 1 aliphatic carbocycles. The lowest BCUT2D eigenvalue weighted by molar-refractivity contribution is 0.446. The summed E-state index contributed by atoms with van der Waals surface area (Å²) in [6.45, 7) is 5.51. The van der Waals surface area contributed by atoms with Gasteiger partial charge in [-0.15, -0.1) is 11.3 Å². The monoisotopic (exact) mass is 238 g/mol. The van der Waals surface area contributed by atoms with Crippen LogP contribution in [-0.4, -0.2) is 17.6 Å². The molecule has 16 heavy (non-hydrogen) atoms. The minimum atomic E-state index is 0.776. The van der Waals surface area contributed by atoms with Crippen molar-refractivity contribution in [2.24, 2.45) is 5.92 Å². The van der Waals surface area contributed by atoms with Crippen LogP contribution in [0.1, 0.15) is 43.3 Å². The summed E-state index contributed by atoms with van der Waals surface area (Å²) in [5, 5.41) is 7.12. The van der Waals surface area contributed by atoms with E-state index in [4.69, 9.17) is 0 Å². The van der Waals surface area contributed by atoms with Gasteiger partial charge >= 0.3 is 0 Å². The maximum Gasteiger partial charge on any atom is 0.0928 e. The summed E-state index contributed by atoms with van der Waals surface area (Å²) >= 11 is 1.79. The van der Waals surface area contributed by atoms with Gasteiger partial charge < -0.3 is 5.32 Å². The highest BCUT2D eigenvalue weighted by molar-refractivity contribution is 7.09. The summed E-state index contributed by atoms with van der Waals surface area (Å²) in [5.41, 5.74) is 1.16. The zero-order chi connectivity index (χ0) is 11.4. The lowest BCUT2D eigenvalue weighted by Crippen LogP contribution is -2.31. The third kappa shape index (κ3) is 3.56. The van der Waals surface area contributed by atoms with Crippen molar-refractivity contribution in [3.63, 3.8) is 0 Å². The molecule has 0 amide bonds. The van der Waals surface area contributed by atoms with Crippen LogP contribution in [0.4, 0.5) is 0 Å². The highest BCUT2D eigenvalue weighted by Crippen LogP contribution is 2.33. The molecule has 0 unspecified atom stereocenters. The van der Waals surface area contributed by atoms with Crippen LogP contribution < -0.4 is 5.32 Å². The summed E-state index contributed by atoms with van der Waals surface area (Å²) in [7, 11) is 0. The Balaban J connectivity index is 1.60. The third-order valence-electron chi connectivity index (χ3n) is 3.27. The number of rotatable bonds is 7. The first-order valence-electron chi connectivity index (χ1n) is 6.44. The van der Waals surface area contributed by atoms with E-state index in [0.29, 0.717) is 0 Å². The molecule has 0 bridgehead atoms. The highest BCUT2D eigenvalue weighted by Gasteiger charge is 2.29. The van der Waals surface area contributed by atoms with Crippen LogP contribution in [-0.2, 0) is 6.42 Å². The SMILES string of the molecule is CC[C@@H](NCCCc1nc(C)cs1)C1CC1. The van der Waals surface area contributed by atoms with Crippen molar-refractivity contribution in [1.82, 2.24) is 10.3 Å². The van der Waals surface area contributed by atoms with Gasteiger partial charge in [-0.25, -0.2) is 4.98 Å². The first-order valence-corrected chi connectivity index (χ1v) is 7.32. The second kappa shape index (κ2) is 5.78. The number of hydrogen-bond acceptors (Lipinski definition) is 3. The minimum absolute atomic E-state index is 0.776. The lowest BCUT2D eigenvalue weighted by atomic mass is 10.1. The van der Waals surface area contributed by atoms with Crippen LogP contribution in [0.25, 0.3) is 0 Å². The molecule has 1 N–H and O–H groups in total. The van der Waals surface area contributed by atoms with Gasteiger partial charge in [0.1, 0.15) is 0 Å². The van der Waals surface area contributed by atoms with Gasteiger partial charge in [0, 0.05) is 23.5 Å². The molecule has 0 saturated heterocycles. The fourth-order valence-corrected chi connectivity index (χ4v) is 3.01. The van der Waals surface area contributed by atoms with Crippen LogP contribution in [0.5, 0.6) is 0 Å². The fraction of sp³-hybridized carbons (Fsp3) is 0.769. The van der Waals surface area contributed by atoms with Gasteiger partial charge in [0.15, 0.2) is 0 Å². The molecule has 1 heterocycles. The van der Waals surface area contributed by atoms with Crippen molar-refractivity contribution >= 4 is 11.3 Å². The molecule has 1 fully saturated rings. The lowest BCUT2D eigenvalue weighted by Gasteiger charge is -2.15. The van der Waals surface area contributed by atoms with E-state index >= 15 is 0 Å². The smallest absolute Gasteiger partial charge is 0.0928 e. The molecular weight excluding hydrogens is 216 g/mol. The Morgan fingerprint density at radius 3 is 2.94 bits per heavy atom. The predicted molar refractivity (Wildman–Crippen MR) is 70.0 cm³/mol. The van der Waals surface area contributed by atoms with E-state index in [1.54, 1.807) is 11.3 Å².